The van der Waals surface area contributed by atoms with E-state index >= 15 is 0 Å². The van der Waals surface area contributed by atoms with Crippen LogP contribution in [0.25, 0.3) is 10.9 Å². The second-order valence-corrected chi connectivity index (χ2v) is 7.93. The van der Waals surface area contributed by atoms with Gasteiger partial charge in [-0.25, -0.2) is 9.37 Å². The van der Waals surface area contributed by atoms with Gasteiger partial charge in [0.2, 0.25) is 0 Å². The van der Waals surface area contributed by atoms with Crippen molar-refractivity contribution in [1.82, 2.24) is 15.2 Å². The van der Waals surface area contributed by atoms with Crippen LogP contribution in [0.2, 0.25) is 5.02 Å². The van der Waals surface area contributed by atoms with Crippen LogP contribution in [0.5, 0.6) is 0 Å². The van der Waals surface area contributed by atoms with Crippen molar-refractivity contribution in [2.75, 3.05) is 16.8 Å². The zero-order valence-corrected chi connectivity index (χ0v) is 16.0. The monoisotopic (exact) mass is 425 g/mol. The van der Waals surface area contributed by atoms with E-state index in [1.165, 1.54) is 6.07 Å². The zero-order valence-electron chi connectivity index (χ0n) is 15.2. The molecule has 1 aliphatic carbocycles. The zero-order chi connectivity index (χ0) is 20.5. The Balaban J connectivity index is 1.68. The Morgan fingerprint density at radius 3 is 2.66 bits per heavy atom. The number of anilines is 3. The molecule has 10 heteroatoms. The first-order chi connectivity index (χ1) is 13.7. The van der Waals surface area contributed by atoms with Crippen LogP contribution < -0.4 is 9.80 Å². The summed E-state index contributed by atoms with van der Waals surface area (Å²) < 4.78 is 53.6. The summed E-state index contributed by atoms with van der Waals surface area (Å²) in [5.41, 5.74) is 0.828. The average Bonchev–Trinajstić information content (AvgIpc) is 3.21. The highest BCUT2D eigenvalue weighted by atomic mass is 35.5. The number of H-pyrrole nitrogens is 1. The average molecular weight is 426 g/mol. The number of hydrogen-bond donors (Lipinski definition) is 1. The number of nitrogens with one attached hydrogen (secondary N) is 1. The number of halogens is 5. The van der Waals surface area contributed by atoms with Gasteiger partial charge in [0.25, 0.3) is 0 Å². The number of aromatic nitrogens is 3. The molecule has 1 atom stereocenters. The summed E-state index contributed by atoms with van der Waals surface area (Å²) >= 11 is 6.38. The van der Waals surface area contributed by atoms with E-state index in [0.717, 1.165) is 11.5 Å². The fraction of sp³-hybridized carbons (Fsp3) is 0.368. The summed E-state index contributed by atoms with van der Waals surface area (Å²) in [6.45, 7) is 0. The number of nitrogens with zero attached hydrogens (tertiary/aromatic N) is 4. The van der Waals surface area contributed by atoms with Crippen LogP contribution in [-0.4, -0.2) is 34.6 Å². The molecule has 2 aliphatic rings. The van der Waals surface area contributed by atoms with Crippen molar-refractivity contribution < 1.29 is 17.6 Å². The van der Waals surface area contributed by atoms with E-state index in [1.54, 1.807) is 30.3 Å². The largest absolute Gasteiger partial charge is 0.433 e. The van der Waals surface area contributed by atoms with Crippen molar-refractivity contribution in [3.05, 3.63) is 41.2 Å². The van der Waals surface area contributed by atoms with Crippen LogP contribution in [0.3, 0.4) is 0 Å². The summed E-state index contributed by atoms with van der Waals surface area (Å²) in [7, 11) is 1.79. The van der Waals surface area contributed by atoms with E-state index in [-0.39, 0.29) is 17.9 Å². The first-order valence-corrected chi connectivity index (χ1v) is 9.49. The Morgan fingerprint density at radius 1 is 1.21 bits per heavy atom. The molecule has 0 radical (unpaired) electrons. The fourth-order valence-corrected chi connectivity index (χ4v) is 4.53. The normalized spacial score (nSPS) is 24.1. The minimum Gasteiger partial charge on any atom is -0.351 e. The molecule has 1 fully saturated rings. The van der Waals surface area contributed by atoms with E-state index in [1.807, 2.05) is 4.90 Å². The smallest absolute Gasteiger partial charge is 0.351 e. The van der Waals surface area contributed by atoms with Gasteiger partial charge in [-0.2, -0.15) is 18.3 Å². The van der Waals surface area contributed by atoms with Crippen molar-refractivity contribution >= 4 is 39.7 Å². The molecule has 0 spiro atoms. The highest BCUT2D eigenvalue weighted by Gasteiger charge is 2.47. The summed E-state index contributed by atoms with van der Waals surface area (Å²) in [4.78, 5) is 7.54. The molecule has 2 aromatic heterocycles. The number of hydrogen-bond acceptors (Lipinski definition) is 4. The van der Waals surface area contributed by atoms with Gasteiger partial charge in [-0.05, 0) is 37.1 Å². The van der Waals surface area contributed by atoms with Crippen LogP contribution in [-0.2, 0) is 6.18 Å². The van der Waals surface area contributed by atoms with Crippen molar-refractivity contribution in [3.8, 4) is 0 Å². The maximum absolute atomic E-state index is 13.6. The molecular formula is C19H16ClF4N5. The molecule has 0 amide bonds. The number of alkyl halides is 4. The molecule has 1 N–H and O–H groups in total. The standard InChI is InChI=1S/C19H16ClF4N5/c1-28-14-2-3-15(19(22,23)24)26-17(14)29(18(28)9-4-11(21)5-9)12-6-10-8-25-27-16(10)13(20)7-12/h2-3,6-9,11,18H,4-5H2,1H3,(H,25,27). The van der Waals surface area contributed by atoms with Crippen molar-refractivity contribution in [1.29, 1.82) is 0 Å². The minimum atomic E-state index is -4.57. The van der Waals surface area contributed by atoms with Crippen LogP contribution in [0, 0.1) is 5.92 Å². The molecule has 1 saturated carbocycles. The van der Waals surface area contributed by atoms with Gasteiger partial charge in [0.15, 0.2) is 5.82 Å². The summed E-state index contributed by atoms with van der Waals surface area (Å²) in [5.74, 6) is 0.144. The molecule has 3 heterocycles. The third-order valence-corrected chi connectivity index (χ3v) is 6.01. The summed E-state index contributed by atoms with van der Waals surface area (Å²) in [6.07, 6.45) is -3.50. The lowest BCUT2D eigenvalue weighted by atomic mass is 9.80. The Bertz CT molecular complexity index is 1090. The third-order valence-electron chi connectivity index (χ3n) is 5.72. The lowest BCUT2D eigenvalue weighted by Gasteiger charge is -2.42. The summed E-state index contributed by atoms with van der Waals surface area (Å²) in [5, 5.41) is 7.90. The van der Waals surface area contributed by atoms with Gasteiger partial charge >= 0.3 is 6.18 Å². The van der Waals surface area contributed by atoms with Gasteiger partial charge in [0.1, 0.15) is 18.0 Å². The van der Waals surface area contributed by atoms with E-state index in [2.05, 4.69) is 15.2 Å². The first-order valence-electron chi connectivity index (χ1n) is 9.11. The molecular weight excluding hydrogens is 410 g/mol. The number of benzene rings is 1. The fourth-order valence-electron chi connectivity index (χ4n) is 4.26. The molecule has 5 rings (SSSR count). The number of fused-ring (bicyclic) bond motifs is 2. The topological polar surface area (TPSA) is 48.1 Å². The molecule has 1 aromatic carbocycles. The molecule has 152 valence electrons. The Hall–Kier alpha value is -2.55. The molecule has 1 unspecified atom stereocenters. The van der Waals surface area contributed by atoms with Gasteiger partial charge in [-0.3, -0.25) is 5.10 Å². The second kappa shape index (κ2) is 6.22. The van der Waals surface area contributed by atoms with Gasteiger partial charge in [-0.1, -0.05) is 11.6 Å². The van der Waals surface area contributed by atoms with E-state index in [0.29, 0.717) is 34.8 Å². The molecule has 1 aliphatic heterocycles. The first kappa shape index (κ1) is 18.5. The molecule has 3 aromatic rings. The Kier molecular flexibility index (Phi) is 3.96. The Labute approximate surface area is 168 Å². The summed E-state index contributed by atoms with van der Waals surface area (Å²) in [6, 6.07) is 5.86. The van der Waals surface area contributed by atoms with Gasteiger partial charge in [-0.15, -0.1) is 0 Å². The van der Waals surface area contributed by atoms with Crippen LogP contribution in [0.1, 0.15) is 18.5 Å². The van der Waals surface area contributed by atoms with E-state index in [9.17, 15) is 17.6 Å². The number of aromatic amines is 1. The molecule has 0 bridgehead atoms. The van der Waals surface area contributed by atoms with Crippen LogP contribution in [0.4, 0.5) is 34.8 Å². The quantitative estimate of drug-likeness (QED) is 0.566. The highest BCUT2D eigenvalue weighted by Crippen LogP contribution is 2.50. The predicted octanol–water partition coefficient (Wildman–Crippen LogP) is 5.29. The SMILES string of the molecule is CN1c2ccc(C(F)(F)F)nc2N(c2cc(Cl)c3[nH]ncc3c2)C1C1CC(F)C1. The molecule has 0 saturated heterocycles. The van der Waals surface area contributed by atoms with Crippen molar-refractivity contribution in [3.63, 3.8) is 0 Å². The lowest BCUT2D eigenvalue weighted by Crippen LogP contribution is -2.50. The number of pyridine rings is 1. The third kappa shape index (κ3) is 2.82. The number of rotatable bonds is 2. The van der Waals surface area contributed by atoms with E-state index in [4.69, 9.17) is 11.6 Å². The maximum atomic E-state index is 13.6. The minimum absolute atomic E-state index is 0.0441. The molecule has 29 heavy (non-hydrogen) atoms. The molecule has 5 nitrogen and oxygen atoms in total. The van der Waals surface area contributed by atoms with Crippen molar-refractivity contribution in [2.45, 2.75) is 31.4 Å². The van der Waals surface area contributed by atoms with Gasteiger partial charge in [0, 0.05) is 24.0 Å². The lowest BCUT2D eigenvalue weighted by molar-refractivity contribution is -0.141. The van der Waals surface area contributed by atoms with E-state index < -0.39 is 18.0 Å². The van der Waals surface area contributed by atoms with Crippen LogP contribution in [0.15, 0.2) is 30.5 Å². The Morgan fingerprint density at radius 2 is 1.97 bits per heavy atom. The van der Waals surface area contributed by atoms with Crippen molar-refractivity contribution in [2.24, 2.45) is 5.92 Å². The highest BCUT2D eigenvalue weighted by molar-refractivity contribution is 6.35. The van der Waals surface area contributed by atoms with Gasteiger partial charge in [0.05, 0.1) is 22.4 Å². The van der Waals surface area contributed by atoms with Gasteiger partial charge < -0.3 is 9.80 Å². The second-order valence-electron chi connectivity index (χ2n) is 7.52. The maximum Gasteiger partial charge on any atom is 0.433 e. The van der Waals surface area contributed by atoms with Crippen LogP contribution >= 0.6 is 11.6 Å². The predicted molar refractivity (Wildman–Crippen MR) is 102 cm³/mol.